The molecule has 0 aromatic carbocycles. The molecule has 3 nitrogen and oxygen atoms in total. The van der Waals surface area contributed by atoms with Gasteiger partial charge in [-0.2, -0.15) is 11.3 Å². The van der Waals surface area contributed by atoms with Crippen molar-refractivity contribution in [3.63, 3.8) is 0 Å². The smallest absolute Gasteiger partial charge is 0.169 e. The van der Waals surface area contributed by atoms with Crippen molar-refractivity contribution in [3.8, 4) is 0 Å². The van der Waals surface area contributed by atoms with Crippen molar-refractivity contribution in [2.75, 3.05) is 13.7 Å². The van der Waals surface area contributed by atoms with Crippen LogP contribution < -0.4 is 5.32 Å². The van der Waals surface area contributed by atoms with E-state index >= 15 is 0 Å². The molecular formula is C13H20N2OS2. The Morgan fingerprint density at radius 3 is 3.00 bits per heavy atom. The number of nitrogens with one attached hydrogen (secondary N) is 1. The summed E-state index contributed by atoms with van der Waals surface area (Å²) in [5.74, 6) is 0. The van der Waals surface area contributed by atoms with E-state index in [1.165, 1.54) is 18.4 Å². The standard InChI is InChI=1S/C13H20N2OS2/c1-10(8-16-2)14-13(17)15(12-3-4-12)7-11-5-6-18-9-11/h5-6,9-10,12H,3-4,7-8H2,1-2H3,(H,14,17). The fourth-order valence-electron chi connectivity index (χ4n) is 1.92. The molecule has 2 rings (SSSR count). The number of ether oxygens (including phenoxy) is 1. The quantitative estimate of drug-likeness (QED) is 0.812. The van der Waals surface area contributed by atoms with E-state index in [0.717, 1.165) is 11.7 Å². The van der Waals surface area contributed by atoms with Crippen LogP contribution in [0.1, 0.15) is 25.3 Å². The van der Waals surface area contributed by atoms with E-state index in [1.807, 2.05) is 0 Å². The van der Waals surface area contributed by atoms with Crippen LogP contribution in [0.15, 0.2) is 16.8 Å². The van der Waals surface area contributed by atoms with Gasteiger partial charge in [-0.1, -0.05) is 0 Å². The molecule has 5 heteroatoms. The Hall–Kier alpha value is -0.650. The van der Waals surface area contributed by atoms with Crippen LogP contribution in [0.5, 0.6) is 0 Å². The molecule has 1 aromatic rings. The van der Waals surface area contributed by atoms with Crippen LogP contribution in [-0.4, -0.2) is 35.8 Å². The average molecular weight is 284 g/mol. The van der Waals surface area contributed by atoms with E-state index in [2.05, 4.69) is 34.0 Å². The van der Waals surface area contributed by atoms with Crippen molar-refractivity contribution in [1.29, 1.82) is 0 Å². The van der Waals surface area contributed by atoms with Crippen molar-refractivity contribution in [3.05, 3.63) is 22.4 Å². The Labute approximate surface area is 118 Å². The third-order valence-corrected chi connectivity index (χ3v) is 4.05. The maximum absolute atomic E-state index is 5.52. The molecule has 1 fully saturated rings. The first-order valence-electron chi connectivity index (χ1n) is 6.28. The summed E-state index contributed by atoms with van der Waals surface area (Å²) in [6.45, 7) is 3.68. The van der Waals surface area contributed by atoms with Gasteiger partial charge >= 0.3 is 0 Å². The number of methoxy groups -OCH3 is 1. The summed E-state index contributed by atoms with van der Waals surface area (Å²) in [6.07, 6.45) is 2.51. The van der Waals surface area contributed by atoms with Gasteiger partial charge in [-0.15, -0.1) is 0 Å². The monoisotopic (exact) mass is 284 g/mol. The van der Waals surface area contributed by atoms with E-state index in [-0.39, 0.29) is 6.04 Å². The normalized spacial score (nSPS) is 16.3. The first-order chi connectivity index (χ1) is 8.70. The lowest BCUT2D eigenvalue weighted by Crippen LogP contribution is -2.45. The third-order valence-electron chi connectivity index (χ3n) is 2.97. The fraction of sp³-hybridized carbons (Fsp3) is 0.615. The molecule has 0 saturated heterocycles. The van der Waals surface area contributed by atoms with Gasteiger partial charge < -0.3 is 15.0 Å². The lowest BCUT2D eigenvalue weighted by atomic mass is 10.3. The van der Waals surface area contributed by atoms with Crippen molar-refractivity contribution in [2.45, 2.75) is 38.4 Å². The lowest BCUT2D eigenvalue weighted by Gasteiger charge is -2.27. The summed E-state index contributed by atoms with van der Waals surface area (Å²) in [6, 6.07) is 3.05. The van der Waals surface area contributed by atoms with Gasteiger partial charge in [0, 0.05) is 25.7 Å². The van der Waals surface area contributed by atoms with Crippen LogP contribution in [-0.2, 0) is 11.3 Å². The minimum absolute atomic E-state index is 0.256. The SMILES string of the molecule is COCC(C)NC(=S)N(Cc1ccsc1)C1CC1. The molecule has 1 unspecified atom stereocenters. The van der Waals surface area contributed by atoms with Crippen LogP contribution in [0.3, 0.4) is 0 Å². The second-order valence-corrected chi connectivity index (χ2v) is 5.96. The van der Waals surface area contributed by atoms with Crippen molar-refractivity contribution in [2.24, 2.45) is 0 Å². The summed E-state index contributed by atoms with van der Waals surface area (Å²) in [4.78, 5) is 2.31. The van der Waals surface area contributed by atoms with Crippen molar-refractivity contribution in [1.82, 2.24) is 10.2 Å². The summed E-state index contributed by atoms with van der Waals surface area (Å²) in [7, 11) is 1.71. The molecule has 0 amide bonds. The molecule has 1 saturated carbocycles. The van der Waals surface area contributed by atoms with E-state index in [1.54, 1.807) is 18.4 Å². The molecule has 1 aliphatic carbocycles. The first-order valence-corrected chi connectivity index (χ1v) is 7.63. The highest BCUT2D eigenvalue weighted by molar-refractivity contribution is 7.80. The second-order valence-electron chi connectivity index (χ2n) is 4.80. The summed E-state index contributed by atoms with van der Waals surface area (Å²) >= 11 is 7.25. The molecule has 1 atom stereocenters. The highest BCUT2D eigenvalue weighted by atomic mass is 32.1. The molecular weight excluding hydrogens is 264 g/mol. The van der Waals surface area contributed by atoms with E-state index in [0.29, 0.717) is 12.6 Å². The molecule has 1 heterocycles. The predicted molar refractivity (Wildman–Crippen MR) is 80.0 cm³/mol. The number of thiocarbonyl (C=S) groups is 1. The lowest BCUT2D eigenvalue weighted by molar-refractivity contribution is 0.177. The maximum atomic E-state index is 5.52. The van der Waals surface area contributed by atoms with Gasteiger partial charge in [0.15, 0.2) is 5.11 Å². The van der Waals surface area contributed by atoms with Crippen LogP contribution in [0.2, 0.25) is 0 Å². The maximum Gasteiger partial charge on any atom is 0.169 e. The Bertz CT molecular complexity index is 376. The van der Waals surface area contributed by atoms with Gasteiger partial charge in [0.25, 0.3) is 0 Å². The molecule has 1 aromatic heterocycles. The zero-order chi connectivity index (χ0) is 13.0. The Morgan fingerprint density at radius 2 is 2.44 bits per heavy atom. The largest absolute Gasteiger partial charge is 0.383 e. The minimum atomic E-state index is 0.256. The van der Waals surface area contributed by atoms with Gasteiger partial charge in [0.2, 0.25) is 0 Å². The molecule has 0 radical (unpaired) electrons. The predicted octanol–water partition coefficient (Wildman–Crippen LogP) is 2.62. The molecule has 0 bridgehead atoms. The zero-order valence-corrected chi connectivity index (χ0v) is 12.5. The Balaban J connectivity index is 1.90. The topological polar surface area (TPSA) is 24.5 Å². The van der Waals surface area contributed by atoms with Crippen LogP contribution in [0.4, 0.5) is 0 Å². The molecule has 18 heavy (non-hydrogen) atoms. The summed E-state index contributed by atoms with van der Waals surface area (Å²) in [5.41, 5.74) is 1.34. The number of hydrogen-bond acceptors (Lipinski definition) is 3. The second kappa shape index (κ2) is 6.50. The van der Waals surface area contributed by atoms with Gasteiger partial charge in [-0.25, -0.2) is 0 Å². The molecule has 1 N–H and O–H groups in total. The molecule has 100 valence electrons. The molecule has 0 aliphatic heterocycles. The fourth-order valence-corrected chi connectivity index (χ4v) is 2.99. The number of nitrogens with zero attached hydrogens (tertiary/aromatic N) is 1. The van der Waals surface area contributed by atoms with Crippen LogP contribution >= 0.6 is 23.6 Å². The minimum Gasteiger partial charge on any atom is -0.383 e. The number of thiophene rings is 1. The van der Waals surface area contributed by atoms with Crippen molar-refractivity contribution < 1.29 is 4.74 Å². The van der Waals surface area contributed by atoms with Crippen molar-refractivity contribution >= 4 is 28.7 Å². The van der Waals surface area contributed by atoms with E-state index in [9.17, 15) is 0 Å². The zero-order valence-electron chi connectivity index (χ0n) is 10.9. The van der Waals surface area contributed by atoms with Gasteiger partial charge in [0.1, 0.15) is 0 Å². The van der Waals surface area contributed by atoms with Gasteiger partial charge in [0.05, 0.1) is 6.61 Å². The average Bonchev–Trinajstić information content (AvgIpc) is 3.03. The highest BCUT2D eigenvalue weighted by Crippen LogP contribution is 2.28. The van der Waals surface area contributed by atoms with Gasteiger partial charge in [-0.05, 0) is 54.4 Å². The molecule has 1 aliphatic rings. The van der Waals surface area contributed by atoms with Crippen LogP contribution in [0.25, 0.3) is 0 Å². The first kappa shape index (κ1) is 13.8. The Morgan fingerprint density at radius 1 is 1.67 bits per heavy atom. The highest BCUT2D eigenvalue weighted by Gasteiger charge is 2.31. The summed E-state index contributed by atoms with van der Waals surface area (Å²) < 4.78 is 5.13. The third kappa shape index (κ3) is 3.93. The molecule has 0 spiro atoms. The number of rotatable bonds is 6. The van der Waals surface area contributed by atoms with Gasteiger partial charge in [-0.3, -0.25) is 0 Å². The van der Waals surface area contributed by atoms with E-state index < -0.39 is 0 Å². The Kier molecular flexibility index (Phi) is 4.97. The number of hydrogen-bond donors (Lipinski definition) is 1. The van der Waals surface area contributed by atoms with Crippen LogP contribution in [0, 0.1) is 0 Å². The summed E-state index contributed by atoms with van der Waals surface area (Å²) in [5, 5.41) is 8.51. The van der Waals surface area contributed by atoms with E-state index in [4.69, 9.17) is 17.0 Å².